The molecule has 0 spiro atoms. The van der Waals surface area contributed by atoms with Crippen molar-refractivity contribution >= 4 is 29.1 Å². The Balaban J connectivity index is 1.66. The summed E-state index contributed by atoms with van der Waals surface area (Å²) in [4.78, 5) is 17.2. The first-order chi connectivity index (χ1) is 13.0. The largest absolute Gasteiger partial charge is 0.346 e. The average molecular weight is 401 g/mol. The number of halogens is 2. The number of hydrogen-bond acceptors (Lipinski definition) is 3. The fourth-order valence-electron chi connectivity index (χ4n) is 3.08. The standard InChI is InChI=1S/C20H18Cl2N4O/c1-12-18(20(27)24-11-14-4-2-3-9-23-14)19(13-5-6-13)25-26(12)15-7-8-16(21)17(22)10-15/h2-4,7-10,13H,5-6,11H2,1H3,(H,24,27). The lowest BCUT2D eigenvalue weighted by Gasteiger charge is -2.08. The Bertz CT molecular complexity index is 997. The van der Waals surface area contributed by atoms with Crippen LogP contribution in [0, 0.1) is 6.92 Å². The molecule has 7 heteroatoms. The van der Waals surface area contributed by atoms with Crippen LogP contribution in [0.2, 0.25) is 10.0 Å². The van der Waals surface area contributed by atoms with Crippen molar-refractivity contribution in [2.75, 3.05) is 0 Å². The van der Waals surface area contributed by atoms with Crippen molar-refractivity contribution in [3.63, 3.8) is 0 Å². The minimum absolute atomic E-state index is 0.133. The molecule has 138 valence electrons. The second-order valence-electron chi connectivity index (χ2n) is 6.63. The number of hydrogen-bond donors (Lipinski definition) is 1. The van der Waals surface area contributed by atoms with E-state index < -0.39 is 0 Å². The highest BCUT2D eigenvalue weighted by atomic mass is 35.5. The van der Waals surface area contributed by atoms with Gasteiger partial charge in [0.15, 0.2) is 0 Å². The first-order valence-electron chi connectivity index (χ1n) is 8.77. The molecule has 0 bridgehead atoms. The van der Waals surface area contributed by atoms with Crippen molar-refractivity contribution in [3.8, 4) is 5.69 Å². The summed E-state index contributed by atoms with van der Waals surface area (Å²) in [7, 11) is 0. The zero-order valence-electron chi connectivity index (χ0n) is 14.7. The SMILES string of the molecule is Cc1c(C(=O)NCc2ccccn2)c(C2CC2)nn1-c1ccc(Cl)c(Cl)c1. The van der Waals surface area contributed by atoms with Crippen LogP contribution in [0.15, 0.2) is 42.6 Å². The fraction of sp³-hybridized carbons (Fsp3) is 0.250. The van der Waals surface area contributed by atoms with E-state index >= 15 is 0 Å². The van der Waals surface area contributed by atoms with Crippen molar-refractivity contribution in [2.45, 2.75) is 32.2 Å². The van der Waals surface area contributed by atoms with Crippen LogP contribution >= 0.6 is 23.2 Å². The van der Waals surface area contributed by atoms with Gasteiger partial charge in [0.05, 0.1) is 44.9 Å². The van der Waals surface area contributed by atoms with Crippen molar-refractivity contribution in [1.29, 1.82) is 0 Å². The molecule has 1 amide bonds. The van der Waals surface area contributed by atoms with Crippen LogP contribution in [-0.4, -0.2) is 20.7 Å². The van der Waals surface area contributed by atoms with Crippen molar-refractivity contribution in [3.05, 3.63) is 75.3 Å². The highest BCUT2D eigenvalue weighted by Crippen LogP contribution is 2.42. The molecule has 1 aromatic carbocycles. The molecule has 1 N–H and O–H groups in total. The average Bonchev–Trinajstić information content (AvgIpc) is 3.46. The van der Waals surface area contributed by atoms with E-state index in [1.165, 1.54) is 0 Å². The summed E-state index contributed by atoms with van der Waals surface area (Å²) < 4.78 is 1.77. The van der Waals surface area contributed by atoms with Crippen LogP contribution in [0.25, 0.3) is 5.69 Å². The summed E-state index contributed by atoms with van der Waals surface area (Å²) in [6, 6.07) is 11.0. The zero-order valence-corrected chi connectivity index (χ0v) is 16.3. The van der Waals surface area contributed by atoms with Crippen molar-refractivity contribution in [1.82, 2.24) is 20.1 Å². The molecule has 1 saturated carbocycles. The topological polar surface area (TPSA) is 59.8 Å². The lowest BCUT2D eigenvalue weighted by atomic mass is 10.1. The van der Waals surface area contributed by atoms with Gasteiger partial charge in [-0.05, 0) is 50.1 Å². The maximum atomic E-state index is 12.9. The molecule has 1 aliphatic carbocycles. The Hall–Kier alpha value is -2.37. The minimum atomic E-state index is -0.133. The van der Waals surface area contributed by atoms with E-state index in [4.69, 9.17) is 28.3 Å². The molecule has 0 radical (unpaired) electrons. The number of nitrogens with zero attached hydrogens (tertiary/aromatic N) is 3. The van der Waals surface area contributed by atoms with E-state index in [0.29, 0.717) is 28.1 Å². The molecule has 0 aliphatic heterocycles. The quantitative estimate of drug-likeness (QED) is 0.675. The van der Waals surface area contributed by atoms with E-state index in [9.17, 15) is 4.79 Å². The number of rotatable bonds is 5. The molecule has 0 atom stereocenters. The van der Waals surface area contributed by atoms with E-state index in [1.807, 2.05) is 31.2 Å². The molecular weight excluding hydrogens is 383 g/mol. The third-order valence-corrected chi connectivity index (χ3v) is 5.38. The van der Waals surface area contributed by atoms with Gasteiger partial charge in [-0.3, -0.25) is 9.78 Å². The van der Waals surface area contributed by atoms with Gasteiger partial charge in [-0.25, -0.2) is 4.68 Å². The van der Waals surface area contributed by atoms with E-state index in [1.54, 1.807) is 23.0 Å². The summed E-state index contributed by atoms with van der Waals surface area (Å²) >= 11 is 12.2. The number of benzene rings is 1. The molecular formula is C20H18Cl2N4O. The smallest absolute Gasteiger partial charge is 0.255 e. The van der Waals surface area contributed by atoms with Gasteiger partial charge in [-0.2, -0.15) is 5.10 Å². The number of nitrogens with one attached hydrogen (secondary N) is 1. The zero-order chi connectivity index (χ0) is 19.0. The monoisotopic (exact) mass is 400 g/mol. The highest BCUT2D eigenvalue weighted by molar-refractivity contribution is 6.42. The van der Waals surface area contributed by atoms with Crippen LogP contribution in [0.5, 0.6) is 0 Å². The minimum Gasteiger partial charge on any atom is -0.346 e. The highest BCUT2D eigenvalue weighted by Gasteiger charge is 2.33. The van der Waals surface area contributed by atoms with Crippen LogP contribution in [0.4, 0.5) is 0 Å². The fourth-order valence-corrected chi connectivity index (χ4v) is 3.37. The number of carbonyl (C=O) groups is 1. The van der Waals surface area contributed by atoms with Crippen LogP contribution < -0.4 is 5.32 Å². The maximum Gasteiger partial charge on any atom is 0.255 e. The second kappa shape index (κ2) is 7.33. The van der Waals surface area contributed by atoms with Crippen molar-refractivity contribution < 1.29 is 4.79 Å². The Morgan fingerprint density at radius 3 is 2.70 bits per heavy atom. The van der Waals surface area contributed by atoms with Gasteiger partial charge in [0, 0.05) is 12.1 Å². The number of amides is 1. The second-order valence-corrected chi connectivity index (χ2v) is 7.45. The van der Waals surface area contributed by atoms with Gasteiger partial charge in [-0.15, -0.1) is 0 Å². The maximum absolute atomic E-state index is 12.9. The molecule has 2 heterocycles. The normalized spacial score (nSPS) is 13.6. The van der Waals surface area contributed by atoms with E-state index in [0.717, 1.165) is 35.6 Å². The summed E-state index contributed by atoms with van der Waals surface area (Å²) in [6.45, 7) is 2.28. The van der Waals surface area contributed by atoms with Crippen LogP contribution in [0.1, 0.15) is 46.2 Å². The van der Waals surface area contributed by atoms with Gasteiger partial charge in [0.1, 0.15) is 0 Å². The van der Waals surface area contributed by atoms with Gasteiger partial charge < -0.3 is 5.32 Å². The Labute approximate surface area is 167 Å². The molecule has 3 aromatic rings. The Morgan fingerprint density at radius 2 is 2.04 bits per heavy atom. The van der Waals surface area contributed by atoms with Crippen LogP contribution in [-0.2, 0) is 6.54 Å². The van der Waals surface area contributed by atoms with Gasteiger partial charge in [0.25, 0.3) is 5.91 Å². The predicted molar refractivity (Wildman–Crippen MR) is 106 cm³/mol. The summed E-state index contributed by atoms with van der Waals surface area (Å²) in [6.07, 6.45) is 3.82. The third kappa shape index (κ3) is 3.70. The third-order valence-electron chi connectivity index (χ3n) is 4.64. The van der Waals surface area contributed by atoms with E-state index in [-0.39, 0.29) is 5.91 Å². The van der Waals surface area contributed by atoms with Gasteiger partial charge in [-0.1, -0.05) is 29.3 Å². The molecule has 27 heavy (non-hydrogen) atoms. The number of aromatic nitrogens is 3. The predicted octanol–water partition coefficient (Wildman–Crippen LogP) is 4.69. The van der Waals surface area contributed by atoms with E-state index in [2.05, 4.69) is 10.3 Å². The Morgan fingerprint density at radius 1 is 1.22 bits per heavy atom. The molecule has 1 fully saturated rings. The lowest BCUT2D eigenvalue weighted by Crippen LogP contribution is -2.24. The summed E-state index contributed by atoms with van der Waals surface area (Å²) in [5, 5.41) is 8.63. The summed E-state index contributed by atoms with van der Waals surface area (Å²) in [5.41, 5.74) is 3.87. The van der Waals surface area contributed by atoms with Gasteiger partial charge in [0.2, 0.25) is 0 Å². The summed E-state index contributed by atoms with van der Waals surface area (Å²) in [5.74, 6) is 0.203. The van der Waals surface area contributed by atoms with Crippen molar-refractivity contribution in [2.24, 2.45) is 0 Å². The first kappa shape index (κ1) is 18.0. The molecule has 2 aromatic heterocycles. The molecule has 0 saturated heterocycles. The lowest BCUT2D eigenvalue weighted by molar-refractivity contribution is 0.0949. The number of carbonyl (C=O) groups excluding carboxylic acids is 1. The Kier molecular flexibility index (Phi) is 4.89. The molecule has 4 rings (SSSR count). The van der Waals surface area contributed by atoms with Crippen LogP contribution in [0.3, 0.4) is 0 Å². The molecule has 0 unspecified atom stereocenters. The number of pyridine rings is 1. The molecule has 5 nitrogen and oxygen atoms in total. The molecule has 1 aliphatic rings. The van der Waals surface area contributed by atoms with Gasteiger partial charge >= 0.3 is 0 Å². The first-order valence-corrected chi connectivity index (χ1v) is 9.53.